The molecule has 21 heavy (non-hydrogen) atoms. The highest BCUT2D eigenvalue weighted by Gasteiger charge is 2.58. The van der Waals surface area contributed by atoms with Gasteiger partial charge >= 0.3 is 0 Å². The van der Waals surface area contributed by atoms with E-state index in [0.717, 1.165) is 12.8 Å². The molecule has 0 aromatic heterocycles. The van der Waals surface area contributed by atoms with E-state index in [-0.39, 0.29) is 29.0 Å². The van der Waals surface area contributed by atoms with Gasteiger partial charge in [0.1, 0.15) is 0 Å². The van der Waals surface area contributed by atoms with Gasteiger partial charge in [0.05, 0.1) is 11.6 Å². The van der Waals surface area contributed by atoms with Gasteiger partial charge in [-0.1, -0.05) is 26.7 Å². The highest BCUT2D eigenvalue weighted by molar-refractivity contribution is 5.82. The minimum absolute atomic E-state index is 0.0111. The second-order valence-electron chi connectivity index (χ2n) is 8.03. The first-order chi connectivity index (χ1) is 9.87. The molecule has 0 bridgehead atoms. The van der Waals surface area contributed by atoms with Crippen LogP contribution < -0.4 is 10.6 Å². The molecule has 120 valence electrons. The zero-order valence-corrected chi connectivity index (χ0v) is 13.9. The maximum absolute atomic E-state index is 12.6. The predicted molar refractivity (Wildman–Crippen MR) is 83.0 cm³/mol. The molecule has 2 aliphatic carbocycles. The number of hydrogen-bond acceptors (Lipinski definition) is 3. The van der Waals surface area contributed by atoms with E-state index in [0.29, 0.717) is 12.0 Å². The van der Waals surface area contributed by atoms with Gasteiger partial charge in [0.15, 0.2) is 0 Å². The average Bonchev–Trinajstić information content (AvgIpc) is 2.90. The lowest BCUT2D eigenvalue weighted by Crippen LogP contribution is -2.69. The molecule has 4 nitrogen and oxygen atoms in total. The van der Waals surface area contributed by atoms with Gasteiger partial charge in [-0.15, -0.1) is 0 Å². The first kappa shape index (κ1) is 15.3. The monoisotopic (exact) mass is 294 g/mol. The Morgan fingerprint density at radius 2 is 1.95 bits per heavy atom. The van der Waals surface area contributed by atoms with E-state index in [2.05, 4.69) is 31.4 Å². The van der Waals surface area contributed by atoms with Crippen molar-refractivity contribution in [2.24, 2.45) is 11.3 Å². The van der Waals surface area contributed by atoms with Crippen molar-refractivity contribution in [2.75, 3.05) is 7.11 Å². The van der Waals surface area contributed by atoms with Crippen LogP contribution in [0.25, 0.3) is 0 Å². The van der Waals surface area contributed by atoms with Crippen molar-refractivity contribution < 1.29 is 9.53 Å². The molecule has 5 unspecified atom stereocenters. The molecule has 0 radical (unpaired) electrons. The Hall–Kier alpha value is -0.610. The van der Waals surface area contributed by atoms with Gasteiger partial charge in [-0.25, -0.2) is 0 Å². The predicted octanol–water partition coefficient (Wildman–Crippen LogP) is 2.23. The van der Waals surface area contributed by atoms with Crippen molar-refractivity contribution in [2.45, 2.75) is 83.0 Å². The quantitative estimate of drug-likeness (QED) is 0.839. The fourth-order valence-electron chi connectivity index (χ4n) is 4.52. The van der Waals surface area contributed by atoms with E-state index in [1.807, 2.05) is 0 Å². The first-order valence-electron chi connectivity index (χ1n) is 8.49. The number of carbonyl (C=O) groups excluding carboxylic acids is 1. The summed E-state index contributed by atoms with van der Waals surface area (Å²) in [4.78, 5) is 12.6. The zero-order valence-electron chi connectivity index (χ0n) is 13.9. The van der Waals surface area contributed by atoms with Crippen molar-refractivity contribution in [1.29, 1.82) is 0 Å². The molecular formula is C17H30N2O2. The summed E-state index contributed by atoms with van der Waals surface area (Å²) in [6, 6.07) is 0.816. The minimum atomic E-state index is -0.123. The molecule has 2 saturated carbocycles. The number of hydrogen-bond donors (Lipinski definition) is 2. The number of rotatable bonds is 3. The summed E-state index contributed by atoms with van der Waals surface area (Å²) in [7, 11) is 1.77. The fourth-order valence-corrected chi connectivity index (χ4v) is 4.52. The Balaban J connectivity index is 1.56. The molecule has 1 amide bonds. The molecule has 1 aliphatic heterocycles. The Morgan fingerprint density at radius 3 is 2.57 bits per heavy atom. The Kier molecular flexibility index (Phi) is 3.81. The van der Waals surface area contributed by atoms with Gasteiger partial charge < -0.3 is 15.4 Å². The van der Waals surface area contributed by atoms with Crippen LogP contribution >= 0.6 is 0 Å². The lowest BCUT2D eigenvalue weighted by molar-refractivity contribution is -0.182. The lowest BCUT2D eigenvalue weighted by Gasteiger charge is -2.59. The second-order valence-corrected chi connectivity index (χ2v) is 8.03. The smallest absolute Gasteiger partial charge is 0.237 e. The van der Waals surface area contributed by atoms with E-state index >= 15 is 0 Å². The summed E-state index contributed by atoms with van der Waals surface area (Å²) in [6.45, 7) is 6.51. The number of methoxy groups -OCH3 is 1. The van der Waals surface area contributed by atoms with Crippen LogP contribution in [0.2, 0.25) is 0 Å². The molecule has 4 heteroatoms. The van der Waals surface area contributed by atoms with Gasteiger partial charge in [-0.2, -0.15) is 0 Å². The number of fused-ring (bicyclic) bond motifs is 1. The summed E-state index contributed by atoms with van der Waals surface area (Å²) in [5, 5.41) is 6.83. The Morgan fingerprint density at radius 1 is 1.24 bits per heavy atom. The number of ether oxygens (including phenoxy) is 1. The number of carbonyl (C=O) groups is 1. The van der Waals surface area contributed by atoms with E-state index in [1.165, 1.54) is 25.7 Å². The molecule has 2 N–H and O–H groups in total. The molecule has 3 fully saturated rings. The van der Waals surface area contributed by atoms with Crippen molar-refractivity contribution >= 4 is 5.91 Å². The van der Waals surface area contributed by atoms with Crippen LogP contribution in [0.4, 0.5) is 0 Å². The van der Waals surface area contributed by atoms with Crippen molar-refractivity contribution in [3.8, 4) is 0 Å². The van der Waals surface area contributed by atoms with Crippen molar-refractivity contribution in [3.05, 3.63) is 0 Å². The SMILES string of the molecule is COC1(C)CC(NC(=O)C2CC3CCCCC3N2)C1(C)C. The van der Waals surface area contributed by atoms with Gasteiger partial charge in [-0.3, -0.25) is 4.79 Å². The van der Waals surface area contributed by atoms with E-state index < -0.39 is 0 Å². The molecule has 1 saturated heterocycles. The van der Waals surface area contributed by atoms with Crippen LogP contribution in [0.3, 0.4) is 0 Å². The van der Waals surface area contributed by atoms with Crippen LogP contribution in [0.5, 0.6) is 0 Å². The summed E-state index contributed by atoms with van der Waals surface area (Å²) in [5.41, 5.74) is -0.134. The number of amides is 1. The first-order valence-corrected chi connectivity index (χ1v) is 8.49. The van der Waals surface area contributed by atoms with Gasteiger partial charge in [-0.05, 0) is 38.5 Å². The van der Waals surface area contributed by atoms with Crippen LogP contribution in [0, 0.1) is 11.3 Å². The van der Waals surface area contributed by atoms with Crippen molar-refractivity contribution in [1.82, 2.24) is 10.6 Å². The molecule has 3 rings (SSSR count). The van der Waals surface area contributed by atoms with Crippen LogP contribution in [-0.4, -0.2) is 36.7 Å². The topological polar surface area (TPSA) is 50.4 Å². The third-order valence-corrected chi connectivity index (χ3v) is 6.77. The summed E-state index contributed by atoms with van der Waals surface area (Å²) < 4.78 is 5.64. The maximum atomic E-state index is 12.6. The van der Waals surface area contributed by atoms with Gasteiger partial charge in [0, 0.05) is 24.6 Å². The van der Waals surface area contributed by atoms with E-state index in [9.17, 15) is 4.79 Å². The molecular weight excluding hydrogens is 264 g/mol. The highest BCUT2D eigenvalue weighted by Crippen LogP contribution is 2.51. The maximum Gasteiger partial charge on any atom is 0.237 e. The summed E-state index contributed by atoms with van der Waals surface area (Å²) >= 11 is 0. The van der Waals surface area contributed by atoms with Gasteiger partial charge in [0.25, 0.3) is 0 Å². The average molecular weight is 294 g/mol. The third kappa shape index (κ3) is 2.40. The molecule has 1 heterocycles. The standard InChI is InChI=1S/C17H30N2O2/c1-16(2)14(10-17(16,3)21-4)19-15(20)13-9-11-7-5-6-8-12(11)18-13/h11-14,18H,5-10H2,1-4H3,(H,19,20). The second kappa shape index (κ2) is 5.24. The summed E-state index contributed by atoms with van der Waals surface area (Å²) in [5.74, 6) is 0.911. The molecule has 5 atom stereocenters. The molecule has 3 aliphatic rings. The van der Waals surface area contributed by atoms with Crippen LogP contribution in [0.1, 0.15) is 59.3 Å². The molecule has 0 aromatic carbocycles. The normalized spacial score (nSPS) is 44.8. The Bertz CT molecular complexity index is 409. The molecule has 0 aromatic rings. The Labute approximate surface area is 128 Å². The van der Waals surface area contributed by atoms with Gasteiger partial charge in [0.2, 0.25) is 5.91 Å². The largest absolute Gasteiger partial charge is 0.378 e. The lowest BCUT2D eigenvalue weighted by atomic mass is 9.56. The van der Waals surface area contributed by atoms with Crippen molar-refractivity contribution in [3.63, 3.8) is 0 Å². The van der Waals surface area contributed by atoms with E-state index in [1.54, 1.807) is 7.11 Å². The zero-order chi connectivity index (χ0) is 15.3. The third-order valence-electron chi connectivity index (χ3n) is 6.77. The fraction of sp³-hybridized carbons (Fsp3) is 0.941. The minimum Gasteiger partial charge on any atom is -0.378 e. The highest BCUT2D eigenvalue weighted by atomic mass is 16.5. The van der Waals surface area contributed by atoms with E-state index in [4.69, 9.17) is 4.74 Å². The summed E-state index contributed by atoms with van der Waals surface area (Å²) in [6.07, 6.45) is 7.10. The van der Waals surface area contributed by atoms with Crippen LogP contribution in [-0.2, 0) is 9.53 Å². The van der Waals surface area contributed by atoms with Crippen LogP contribution in [0.15, 0.2) is 0 Å². The molecule has 0 spiro atoms. The number of nitrogens with one attached hydrogen (secondary N) is 2.